The van der Waals surface area contributed by atoms with E-state index in [9.17, 15) is 17.6 Å². The highest BCUT2D eigenvalue weighted by atomic mass is 32.2. The highest BCUT2D eigenvalue weighted by molar-refractivity contribution is 7.91. The molecule has 2 N–H and O–H groups in total. The summed E-state index contributed by atoms with van der Waals surface area (Å²) in [5.74, 6) is -0.850. The van der Waals surface area contributed by atoms with Gasteiger partial charge in [0.1, 0.15) is 10.0 Å². The Bertz CT molecular complexity index is 800. The van der Waals surface area contributed by atoms with Crippen LogP contribution in [-0.2, 0) is 16.6 Å². The Labute approximate surface area is 132 Å². The number of aryl methyl sites for hydroxylation is 1. The van der Waals surface area contributed by atoms with E-state index in [4.69, 9.17) is 0 Å². The third-order valence-corrected chi connectivity index (χ3v) is 6.02. The molecule has 0 unspecified atom stereocenters. The van der Waals surface area contributed by atoms with E-state index < -0.39 is 21.7 Å². The van der Waals surface area contributed by atoms with Gasteiger partial charge in [0, 0.05) is 10.4 Å². The van der Waals surface area contributed by atoms with Gasteiger partial charge < -0.3 is 5.32 Å². The first-order chi connectivity index (χ1) is 10.3. The summed E-state index contributed by atoms with van der Waals surface area (Å²) in [5.41, 5.74) is 0.694. The molecule has 2 rings (SSSR count). The van der Waals surface area contributed by atoms with Crippen LogP contribution in [-0.4, -0.2) is 21.4 Å². The fourth-order valence-corrected chi connectivity index (χ4v) is 3.84. The highest BCUT2D eigenvalue weighted by Crippen LogP contribution is 2.21. The van der Waals surface area contributed by atoms with Crippen LogP contribution in [0.2, 0.25) is 0 Å². The van der Waals surface area contributed by atoms with Gasteiger partial charge in [0.05, 0.1) is 6.54 Å². The minimum atomic E-state index is -3.47. The van der Waals surface area contributed by atoms with Gasteiger partial charge >= 0.3 is 0 Å². The zero-order valence-electron chi connectivity index (χ0n) is 12.0. The lowest BCUT2D eigenvalue weighted by atomic mass is 10.1. The summed E-state index contributed by atoms with van der Waals surface area (Å²) < 4.78 is 39.1. The second-order valence-corrected chi connectivity index (χ2v) is 7.86. The summed E-state index contributed by atoms with van der Waals surface area (Å²) in [4.78, 5) is 12.6. The van der Waals surface area contributed by atoms with Crippen molar-refractivity contribution in [1.82, 2.24) is 10.0 Å². The Morgan fingerprint density at radius 2 is 2.00 bits per heavy atom. The molecule has 5 nitrogen and oxygen atoms in total. The van der Waals surface area contributed by atoms with Gasteiger partial charge in [0.2, 0.25) is 10.0 Å². The molecule has 8 heteroatoms. The number of hydrogen-bond donors (Lipinski definition) is 2. The fraction of sp³-hybridized carbons (Fsp3) is 0.214. The Morgan fingerprint density at radius 3 is 2.64 bits per heavy atom. The number of nitrogens with one attached hydrogen (secondary N) is 2. The molecule has 1 aromatic heterocycles. The zero-order chi connectivity index (χ0) is 16.3. The van der Waals surface area contributed by atoms with Crippen LogP contribution in [0.15, 0.2) is 34.5 Å². The smallest absolute Gasteiger partial charge is 0.251 e. The van der Waals surface area contributed by atoms with Crippen LogP contribution in [0.4, 0.5) is 4.39 Å². The topological polar surface area (TPSA) is 75.3 Å². The first-order valence-corrected chi connectivity index (χ1v) is 8.70. The molecule has 0 atom stereocenters. The van der Waals surface area contributed by atoms with E-state index in [0.717, 1.165) is 11.3 Å². The molecule has 1 aromatic carbocycles. The minimum absolute atomic E-state index is 0.179. The molecule has 0 fully saturated rings. The van der Waals surface area contributed by atoms with Crippen molar-refractivity contribution in [2.24, 2.45) is 0 Å². The zero-order valence-corrected chi connectivity index (χ0v) is 13.6. The molecule has 0 aliphatic carbocycles. The Balaban J connectivity index is 2.04. The first-order valence-electron chi connectivity index (χ1n) is 6.40. The Hall–Kier alpha value is -1.77. The van der Waals surface area contributed by atoms with E-state index in [1.54, 1.807) is 19.1 Å². The highest BCUT2D eigenvalue weighted by Gasteiger charge is 2.15. The molecule has 0 spiro atoms. The van der Waals surface area contributed by atoms with Crippen molar-refractivity contribution in [2.75, 3.05) is 7.05 Å². The number of carbonyl (C=O) groups is 1. The van der Waals surface area contributed by atoms with Crippen LogP contribution >= 0.6 is 11.3 Å². The molecule has 0 bridgehead atoms. The summed E-state index contributed by atoms with van der Waals surface area (Å²) in [6.45, 7) is 1.80. The van der Waals surface area contributed by atoms with Gasteiger partial charge in [0.15, 0.2) is 0 Å². The quantitative estimate of drug-likeness (QED) is 0.873. The third kappa shape index (κ3) is 3.70. The maximum absolute atomic E-state index is 13.4. The van der Waals surface area contributed by atoms with Gasteiger partial charge in [-0.1, -0.05) is 6.07 Å². The lowest BCUT2D eigenvalue weighted by molar-refractivity contribution is 0.0951. The predicted molar refractivity (Wildman–Crippen MR) is 82.9 cm³/mol. The normalized spacial score (nSPS) is 11.4. The van der Waals surface area contributed by atoms with E-state index in [1.165, 1.54) is 25.2 Å². The third-order valence-electron chi connectivity index (χ3n) is 3.03. The van der Waals surface area contributed by atoms with Gasteiger partial charge in [-0.2, -0.15) is 0 Å². The molecule has 1 heterocycles. The number of sulfonamides is 1. The average molecular weight is 342 g/mol. The van der Waals surface area contributed by atoms with Crippen molar-refractivity contribution < 1.29 is 17.6 Å². The van der Waals surface area contributed by atoms with E-state index in [0.29, 0.717) is 10.4 Å². The van der Waals surface area contributed by atoms with Gasteiger partial charge in [-0.05, 0) is 43.8 Å². The summed E-state index contributed by atoms with van der Waals surface area (Å²) >= 11 is 1.07. The molecule has 0 aliphatic heterocycles. The molecule has 0 saturated carbocycles. The monoisotopic (exact) mass is 342 g/mol. The van der Waals surface area contributed by atoms with E-state index >= 15 is 0 Å². The van der Waals surface area contributed by atoms with Crippen molar-refractivity contribution in [3.8, 4) is 0 Å². The van der Waals surface area contributed by atoms with Crippen molar-refractivity contribution in [2.45, 2.75) is 17.7 Å². The number of hydrogen-bond acceptors (Lipinski definition) is 4. The number of rotatable bonds is 5. The summed E-state index contributed by atoms with van der Waals surface area (Å²) in [7, 11) is -2.14. The number of carbonyl (C=O) groups excluding carboxylic acids is 1. The van der Waals surface area contributed by atoms with Crippen LogP contribution in [0, 0.1) is 12.7 Å². The maximum atomic E-state index is 13.4. The van der Waals surface area contributed by atoms with Crippen molar-refractivity contribution in [3.63, 3.8) is 0 Å². The van der Waals surface area contributed by atoms with Gasteiger partial charge in [-0.3, -0.25) is 4.79 Å². The minimum Gasteiger partial charge on any atom is -0.347 e. The van der Waals surface area contributed by atoms with Crippen LogP contribution in [0.5, 0.6) is 0 Å². The number of amides is 1. The van der Waals surface area contributed by atoms with E-state index in [1.807, 2.05) is 0 Å². The largest absolute Gasteiger partial charge is 0.347 e. The summed E-state index contributed by atoms with van der Waals surface area (Å²) in [5, 5.41) is 2.63. The van der Waals surface area contributed by atoms with Gasteiger partial charge in [-0.25, -0.2) is 17.5 Å². The molecule has 2 aromatic rings. The van der Waals surface area contributed by atoms with Gasteiger partial charge in [0.25, 0.3) is 5.91 Å². The van der Waals surface area contributed by atoms with Crippen LogP contribution in [0.3, 0.4) is 0 Å². The van der Waals surface area contributed by atoms with Crippen LogP contribution < -0.4 is 10.0 Å². The first kappa shape index (κ1) is 16.6. The second-order valence-electron chi connectivity index (χ2n) is 4.57. The molecular formula is C14H15FN2O3S2. The maximum Gasteiger partial charge on any atom is 0.251 e. The van der Waals surface area contributed by atoms with Crippen LogP contribution in [0.1, 0.15) is 20.8 Å². The molecular weight excluding hydrogens is 327 g/mol. The lowest BCUT2D eigenvalue weighted by Crippen LogP contribution is -2.22. The second kappa shape index (κ2) is 6.55. The number of halogens is 1. The molecule has 1 amide bonds. The van der Waals surface area contributed by atoms with Crippen molar-refractivity contribution >= 4 is 27.3 Å². The predicted octanol–water partition coefficient (Wildman–Crippen LogP) is 2.03. The Kier molecular flexibility index (Phi) is 4.94. The molecule has 0 radical (unpaired) electrons. The SMILES string of the molecule is CNS(=O)(=O)c1ccc(CNC(=O)c2ccc(C)c(F)c2)s1. The number of benzene rings is 1. The molecule has 118 valence electrons. The van der Waals surface area contributed by atoms with Gasteiger partial charge in [-0.15, -0.1) is 11.3 Å². The molecule has 22 heavy (non-hydrogen) atoms. The lowest BCUT2D eigenvalue weighted by Gasteiger charge is -2.05. The Morgan fingerprint density at radius 1 is 1.27 bits per heavy atom. The van der Waals surface area contributed by atoms with E-state index in [2.05, 4.69) is 10.0 Å². The average Bonchev–Trinajstić information content (AvgIpc) is 2.97. The molecule has 0 aliphatic rings. The standard InChI is InChI=1S/C14H15FN2O3S2/c1-9-3-4-10(7-12(9)15)14(18)17-8-11-5-6-13(21-11)22(19,20)16-2/h3-7,16H,8H2,1-2H3,(H,17,18). The van der Waals surface area contributed by atoms with Crippen molar-refractivity contribution in [3.05, 3.63) is 52.2 Å². The van der Waals surface area contributed by atoms with Crippen molar-refractivity contribution in [1.29, 1.82) is 0 Å². The molecule has 0 saturated heterocycles. The summed E-state index contributed by atoms with van der Waals surface area (Å²) in [6.07, 6.45) is 0. The fourth-order valence-electron chi connectivity index (χ4n) is 1.70. The van der Waals surface area contributed by atoms with Crippen LogP contribution in [0.25, 0.3) is 0 Å². The van der Waals surface area contributed by atoms with E-state index in [-0.39, 0.29) is 16.3 Å². The summed E-state index contributed by atoms with van der Waals surface area (Å²) in [6, 6.07) is 7.36. The number of thiophene rings is 1.